The molecule has 1 aromatic heterocycles. The quantitative estimate of drug-likeness (QED) is 0.726. The van der Waals surface area contributed by atoms with E-state index < -0.39 is 0 Å². The van der Waals surface area contributed by atoms with Crippen LogP contribution in [-0.4, -0.2) is 33.4 Å². The van der Waals surface area contributed by atoms with E-state index in [1.54, 1.807) is 6.33 Å². The summed E-state index contributed by atoms with van der Waals surface area (Å²) in [6.45, 7) is 5.48. The van der Waals surface area contributed by atoms with Gasteiger partial charge in [-0.05, 0) is 53.5 Å². The Hall–Kier alpha value is -2.62. The van der Waals surface area contributed by atoms with Gasteiger partial charge in [0.1, 0.15) is 0 Å². The monoisotopic (exact) mass is 345 g/mol. The van der Waals surface area contributed by atoms with Crippen LogP contribution >= 0.6 is 0 Å². The minimum absolute atomic E-state index is 0.139. The molecule has 4 nitrogen and oxygen atoms in total. The van der Waals surface area contributed by atoms with E-state index in [1.807, 2.05) is 18.2 Å². The third kappa shape index (κ3) is 2.14. The zero-order valence-electron chi connectivity index (χ0n) is 15.2. The Balaban J connectivity index is 1.52. The average molecular weight is 345 g/mol. The van der Waals surface area contributed by atoms with Crippen LogP contribution in [0.1, 0.15) is 41.8 Å². The van der Waals surface area contributed by atoms with Crippen LogP contribution in [-0.2, 0) is 11.8 Å². The second kappa shape index (κ2) is 5.44. The van der Waals surface area contributed by atoms with Gasteiger partial charge in [-0.2, -0.15) is 0 Å². The maximum absolute atomic E-state index is 13.3. The number of aromatic amines is 1. The summed E-state index contributed by atoms with van der Waals surface area (Å²) in [6, 6.07) is 14.8. The second-order valence-corrected chi connectivity index (χ2v) is 8.13. The molecule has 1 N–H and O–H groups in total. The van der Waals surface area contributed by atoms with Gasteiger partial charge < -0.3 is 9.88 Å². The van der Waals surface area contributed by atoms with Crippen molar-refractivity contribution in [2.75, 3.05) is 6.54 Å². The smallest absolute Gasteiger partial charge is 0.254 e. The number of fused-ring (bicyclic) bond motifs is 5. The summed E-state index contributed by atoms with van der Waals surface area (Å²) in [7, 11) is 0. The first-order valence-electron chi connectivity index (χ1n) is 9.39. The zero-order valence-corrected chi connectivity index (χ0v) is 15.2. The van der Waals surface area contributed by atoms with Gasteiger partial charge in [0.15, 0.2) is 0 Å². The topological polar surface area (TPSA) is 49.0 Å². The number of H-pyrrole nitrogens is 1. The maximum Gasteiger partial charge on any atom is 0.254 e. The fraction of sp³-hybridized carbons (Fsp3) is 0.364. The van der Waals surface area contributed by atoms with E-state index in [0.717, 1.165) is 36.0 Å². The maximum atomic E-state index is 13.3. The lowest BCUT2D eigenvalue weighted by Crippen LogP contribution is -2.58. The number of amides is 1. The molecule has 1 amide bonds. The molecule has 4 heteroatoms. The van der Waals surface area contributed by atoms with Crippen molar-refractivity contribution < 1.29 is 4.79 Å². The van der Waals surface area contributed by atoms with Gasteiger partial charge in [0, 0.05) is 18.2 Å². The Morgan fingerprint density at radius 2 is 2.12 bits per heavy atom. The van der Waals surface area contributed by atoms with Crippen LogP contribution < -0.4 is 0 Å². The summed E-state index contributed by atoms with van der Waals surface area (Å²) in [5.74, 6) is 0.569. The molecule has 3 aromatic rings. The molecule has 1 aliphatic heterocycles. The van der Waals surface area contributed by atoms with Gasteiger partial charge in [0.05, 0.1) is 17.4 Å². The van der Waals surface area contributed by atoms with Crippen LogP contribution in [0, 0.1) is 5.92 Å². The van der Waals surface area contributed by atoms with E-state index >= 15 is 0 Å². The van der Waals surface area contributed by atoms with Crippen molar-refractivity contribution >= 4 is 16.9 Å². The predicted molar refractivity (Wildman–Crippen MR) is 102 cm³/mol. The minimum atomic E-state index is 0.139. The molecule has 1 saturated heterocycles. The van der Waals surface area contributed by atoms with Crippen LogP contribution in [0.3, 0.4) is 0 Å². The summed E-state index contributed by atoms with van der Waals surface area (Å²) in [4.78, 5) is 22.8. The number of nitrogens with one attached hydrogen (secondary N) is 1. The lowest BCUT2D eigenvalue weighted by molar-refractivity contribution is 0.0316. The molecule has 5 rings (SSSR count). The molecule has 2 aromatic carbocycles. The molecule has 0 saturated carbocycles. The van der Waals surface area contributed by atoms with E-state index in [2.05, 4.69) is 53.0 Å². The van der Waals surface area contributed by atoms with Crippen LogP contribution in [0.15, 0.2) is 48.8 Å². The predicted octanol–water partition coefficient (Wildman–Crippen LogP) is 3.93. The summed E-state index contributed by atoms with van der Waals surface area (Å²) < 4.78 is 0. The molecule has 2 heterocycles. The van der Waals surface area contributed by atoms with Crippen molar-refractivity contribution in [1.29, 1.82) is 0 Å². The van der Waals surface area contributed by atoms with Gasteiger partial charge >= 0.3 is 0 Å². The SMILES string of the molecule is C[C@@H]1CN(C(=O)c2ccc3nc[nH]c3c2)[C@H]2Cc3ccccc3[C@@]1(C)C2. The second-order valence-electron chi connectivity index (χ2n) is 8.13. The molecular formula is C22H23N3O. The number of aromatic nitrogens is 2. The molecule has 2 bridgehead atoms. The number of piperidine rings is 1. The number of hydrogen-bond donors (Lipinski definition) is 1. The van der Waals surface area contributed by atoms with Gasteiger partial charge in [-0.25, -0.2) is 4.98 Å². The standard InChI is InChI=1S/C22H23N3O/c1-14-12-25(21(26)16-7-8-19-20(10-16)24-13-23-19)17-9-15-5-3-4-6-18(15)22(14,2)11-17/h3-8,10,13-14,17H,9,11-12H2,1-2H3,(H,23,24)/t14-,17+,22+/m1/s1. The van der Waals surface area contributed by atoms with E-state index in [1.165, 1.54) is 11.1 Å². The lowest BCUT2D eigenvalue weighted by atomic mass is 9.60. The van der Waals surface area contributed by atoms with Gasteiger partial charge in [-0.3, -0.25) is 4.79 Å². The number of carbonyl (C=O) groups excluding carboxylic acids is 1. The lowest BCUT2D eigenvalue weighted by Gasteiger charge is -2.53. The molecule has 1 aliphatic carbocycles. The summed E-state index contributed by atoms with van der Waals surface area (Å²) in [6.07, 6.45) is 3.67. The first-order chi connectivity index (χ1) is 12.6. The first kappa shape index (κ1) is 15.6. The highest BCUT2D eigenvalue weighted by molar-refractivity contribution is 5.97. The van der Waals surface area contributed by atoms with Crippen molar-refractivity contribution in [3.8, 4) is 0 Å². The Bertz CT molecular complexity index is 1010. The number of hydrogen-bond acceptors (Lipinski definition) is 2. The summed E-state index contributed by atoms with van der Waals surface area (Å²) >= 11 is 0. The Morgan fingerprint density at radius 1 is 1.27 bits per heavy atom. The van der Waals surface area contributed by atoms with Crippen LogP contribution in [0.4, 0.5) is 0 Å². The fourth-order valence-corrected chi connectivity index (χ4v) is 5.00. The van der Waals surface area contributed by atoms with Gasteiger partial charge in [0.25, 0.3) is 5.91 Å². The highest BCUT2D eigenvalue weighted by atomic mass is 16.2. The van der Waals surface area contributed by atoms with Crippen molar-refractivity contribution in [3.05, 3.63) is 65.5 Å². The Morgan fingerprint density at radius 3 is 3.00 bits per heavy atom. The van der Waals surface area contributed by atoms with E-state index in [-0.39, 0.29) is 17.4 Å². The third-order valence-corrected chi connectivity index (χ3v) is 6.67. The van der Waals surface area contributed by atoms with Crippen molar-refractivity contribution in [2.45, 2.75) is 38.1 Å². The molecule has 26 heavy (non-hydrogen) atoms. The molecule has 0 spiro atoms. The Kier molecular flexibility index (Phi) is 3.27. The van der Waals surface area contributed by atoms with Crippen molar-refractivity contribution in [3.63, 3.8) is 0 Å². The van der Waals surface area contributed by atoms with Crippen molar-refractivity contribution in [2.24, 2.45) is 5.92 Å². The fourth-order valence-electron chi connectivity index (χ4n) is 5.00. The van der Waals surface area contributed by atoms with E-state index in [0.29, 0.717) is 5.92 Å². The highest BCUT2D eigenvalue weighted by Crippen LogP contribution is 2.47. The summed E-state index contributed by atoms with van der Waals surface area (Å²) in [5, 5.41) is 0. The van der Waals surface area contributed by atoms with Crippen molar-refractivity contribution in [1.82, 2.24) is 14.9 Å². The van der Waals surface area contributed by atoms with Gasteiger partial charge in [-0.15, -0.1) is 0 Å². The molecule has 0 unspecified atom stereocenters. The molecule has 132 valence electrons. The first-order valence-corrected chi connectivity index (χ1v) is 9.39. The molecule has 1 fully saturated rings. The number of likely N-dealkylation sites (tertiary alicyclic amines) is 1. The van der Waals surface area contributed by atoms with Crippen LogP contribution in [0.5, 0.6) is 0 Å². The summed E-state index contributed by atoms with van der Waals surface area (Å²) in [5.41, 5.74) is 5.60. The normalized spacial score (nSPS) is 27.4. The molecule has 0 radical (unpaired) electrons. The van der Waals surface area contributed by atoms with Gasteiger partial charge in [-0.1, -0.05) is 38.1 Å². The molecule has 2 aliphatic rings. The third-order valence-electron chi connectivity index (χ3n) is 6.67. The number of nitrogens with zero attached hydrogens (tertiary/aromatic N) is 2. The number of carbonyl (C=O) groups is 1. The minimum Gasteiger partial charge on any atom is -0.345 e. The largest absolute Gasteiger partial charge is 0.345 e. The number of benzene rings is 2. The zero-order chi connectivity index (χ0) is 17.9. The highest BCUT2D eigenvalue weighted by Gasteiger charge is 2.48. The average Bonchev–Trinajstić information content (AvgIpc) is 3.12. The number of rotatable bonds is 1. The Labute approximate surface area is 153 Å². The van der Waals surface area contributed by atoms with Gasteiger partial charge in [0.2, 0.25) is 0 Å². The molecule has 3 atom stereocenters. The number of imidazole rings is 1. The van der Waals surface area contributed by atoms with Crippen LogP contribution in [0.25, 0.3) is 11.0 Å². The molecular weight excluding hydrogens is 322 g/mol. The van der Waals surface area contributed by atoms with Crippen LogP contribution in [0.2, 0.25) is 0 Å². The van der Waals surface area contributed by atoms with E-state index in [4.69, 9.17) is 0 Å². The van der Waals surface area contributed by atoms with E-state index in [9.17, 15) is 4.79 Å².